The zero-order valence-electron chi connectivity index (χ0n) is 13.3. The average molecular weight is 288 g/mol. The van der Waals surface area contributed by atoms with Gasteiger partial charge in [-0.05, 0) is 38.3 Å². The summed E-state index contributed by atoms with van der Waals surface area (Å²) in [4.78, 5) is 7.36. The topological polar surface area (TPSA) is 25.4 Å². The largest absolute Gasteiger partial charge is 0.380 e. The van der Waals surface area contributed by atoms with Gasteiger partial charge in [0.2, 0.25) is 0 Å². The summed E-state index contributed by atoms with van der Waals surface area (Å²) in [5.41, 5.74) is 2.33. The maximum atomic E-state index is 5.86. The van der Waals surface area contributed by atoms with Crippen molar-refractivity contribution in [2.75, 3.05) is 26.3 Å². The molecule has 3 rings (SSSR count). The zero-order chi connectivity index (χ0) is 14.5. The predicted octanol–water partition coefficient (Wildman–Crippen LogP) is 3.21. The Bertz CT molecular complexity index is 443. The van der Waals surface area contributed by atoms with Crippen LogP contribution < -0.4 is 0 Å². The maximum Gasteiger partial charge on any atom is 0.0593 e. The Balaban J connectivity index is 1.61. The van der Waals surface area contributed by atoms with Crippen molar-refractivity contribution < 1.29 is 4.74 Å². The van der Waals surface area contributed by atoms with E-state index in [1.165, 1.54) is 44.3 Å². The van der Waals surface area contributed by atoms with Gasteiger partial charge in [0.05, 0.1) is 13.2 Å². The molecule has 0 spiro atoms. The molecule has 1 saturated heterocycles. The van der Waals surface area contributed by atoms with Crippen LogP contribution in [0.4, 0.5) is 0 Å². The van der Waals surface area contributed by atoms with Gasteiger partial charge in [-0.25, -0.2) is 0 Å². The third kappa shape index (κ3) is 4.27. The summed E-state index contributed by atoms with van der Waals surface area (Å²) in [7, 11) is 0. The van der Waals surface area contributed by atoms with Crippen molar-refractivity contribution in [3.63, 3.8) is 0 Å². The SMILES string of the molecule is Cc1cccc(CC2COCCN(C3CCCCC3)C2)n1. The lowest BCUT2D eigenvalue weighted by molar-refractivity contribution is 0.116. The van der Waals surface area contributed by atoms with Crippen LogP contribution in [0, 0.1) is 12.8 Å². The van der Waals surface area contributed by atoms with Crippen molar-refractivity contribution >= 4 is 0 Å². The lowest BCUT2D eigenvalue weighted by Crippen LogP contribution is -2.40. The Hall–Kier alpha value is -0.930. The van der Waals surface area contributed by atoms with Crippen LogP contribution in [0.25, 0.3) is 0 Å². The fourth-order valence-electron chi connectivity index (χ4n) is 3.82. The van der Waals surface area contributed by atoms with Crippen molar-refractivity contribution in [1.29, 1.82) is 0 Å². The molecule has 3 nitrogen and oxygen atoms in total. The van der Waals surface area contributed by atoms with Crippen LogP contribution in [-0.2, 0) is 11.2 Å². The van der Waals surface area contributed by atoms with E-state index in [-0.39, 0.29) is 0 Å². The fraction of sp³-hybridized carbons (Fsp3) is 0.722. The first-order chi connectivity index (χ1) is 10.3. The second kappa shape index (κ2) is 7.37. The van der Waals surface area contributed by atoms with E-state index in [1.54, 1.807) is 0 Å². The van der Waals surface area contributed by atoms with Crippen LogP contribution >= 0.6 is 0 Å². The van der Waals surface area contributed by atoms with Gasteiger partial charge in [-0.3, -0.25) is 9.88 Å². The van der Waals surface area contributed by atoms with Crippen molar-refractivity contribution in [2.24, 2.45) is 5.92 Å². The van der Waals surface area contributed by atoms with Crippen LogP contribution in [-0.4, -0.2) is 42.2 Å². The van der Waals surface area contributed by atoms with Crippen molar-refractivity contribution in [2.45, 2.75) is 51.5 Å². The number of pyridine rings is 1. The van der Waals surface area contributed by atoms with E-state index < -0.39 is 0 Å². The molecule has 0 N–H and O–H groups in total. The molecule has 116 valence electrons. The molecule has 0 radical (unpaired) electrons. The van der Waals surface area contributed by atoms with E-state index in [0.29, 0.717) is 5.92 Å². The van der Waals surface area contributed by atoms with E-state index >= 15 is 0 Å². The number of nitrogens with zero attached hydrogens (tertiary/aromatic N) is 2. The summed E-state index contributed by atoms with van der Waals surface area (Å²) in [6.45, 7) is 6.15. The van der Waals surface area contributed by atoms with Gasteiger partial charge in [0.25, 0.3) is 0 Å². The summed E-state index contributed by atoms with van der Waals surface area (Å²) in [5.74, 6) is 0.587. The molecule has 2 heterocycles. The summed E-state index contributed by atoms with van der Waals surface area (Å²) in [5, 5.41) is 0. The van der Waals surface area contributed by atoms with Gasteiger partial charge in [-0.15, -0.1) is 0 Å². The van der Waals surface area contributed by atoms with Gasteiger partial charge < -0.3 is 4.74 Å². The van der Waals surface area contributed by atoms with Gasteiger partial charge in [-0.1, -0.05) is 25.3 Å². The molecule has 1 aromatic heterocycles. The second-order valence-corrected chi connectivity index (χ2v) is 6.70. The van der Waals surface area contributed by atoms with E-state index in [0.717, 1.165) is 37.9 Å². The monoisotopic (exact) mass is 288 g/mol. The van der Waals surface area contributed by atoms with Crippen LogP contribution in [0.2, 0.25) is 0 Å². The minimum absolute atomic E-state index is 0.587. The molecule has 1 aliphatic carbocycles. The normalized spacial score (nSPS) is 25.7. The molecule has 1 saturated carbocycles. The molecule has 0 aromatic carbocycles. The Morgan fingerprint density at radius 2 is 2.10 bits per heavy atom. The number of rotatable bonds is 3. The lowest BCUT2D eigenvalue weighted by atomic mass is 9.93. The minimum atomic E-state index is 0.587. The third-order valence-corrected chi connectivity index (χ3v) is 4.90. The quantitative estimate of drug-likeness (QED) is 0.854. The zero-order valence-corrected chi connectivity index (χ0v) is 13.3. The highest BCUT2D eigenvalue weighted by atomic mass is 16.5. The van der Waals surface area contributed by atoms with Crippen LogP contribution in [0.15, 0.2) is 18.2 Å². The molecule has 3 heteroatoms. The first-order valence-electron chi connectivity index (χ1n) is 8.55. The molecular weight excluding hydrogens is 260 g/mol. The molecule has 1 unspecified atom stereocenters. The van der Waals surface area contributed by atoms with Crippen LogP contribution in [0.3, 0.4) is 0 Å². The first kappa shape index (κ1) is 15.0. The highest BCUT2D eigenvalue weighted by molar-refractivity contribution is 5.10. The molecule has 1 atom stereocenters. The average Bonchev–Trinajstić information content (AvgIpc) is 2.74. The Kier molecular flexibility index (Phi) is 5.26. The van der Waals surface area contributed by atoms with E-state index in [4.69, 9.17) is 4.74 Å². The molecule has 2 aliphatic rings. The van der Waals surface area contributed by atoms with Gasteiger partial charge in [0.15, 0.2) is 0 Å². The molecule has 1 aliphatic heterocycles. The second-order valence-electron chi connectivity index (χ2n) is 6.70. The van der Waals surface area contributed by atoms with Gasteiger partial charge >= 0.3 is 0 Å². The van der Waals surface area contributed by atoms with Crippen molar-refractivity contribution in [3.05, 3.63) is 29.6 Å². The maximum absolute atomic E-state index is 5.86. The standard InChI is InChI=1S/C18H28N2O/c1-15-6-5-7-17(19-15)12-16-13-20(10-11-21-14-16)18-8-3-2-4-9-18/h5-7,16,18H,2-4,8-14H2,1H3. The smallest absolute Gasteiger partial charge is 0.0593 e. The highest BCUT2D eigenvalue weighted by Gasteiger charge is 2.26. The molecular formula is C18H28N2O. The summed E-state index contributed by atoms with van der Waals surface area (Å²) < 4.78 is 5.86. The Morgan fingerprint density at radius 1 is 1.24 bits per heavy atom. The molecule has 0 bridgehead atoms. The fourth-order valence-corrected chi connectivity index (χ4v) is 3.82. The molecule has 2 fully saturated rings. The van der Waals surface area contributed by atoms with E-state index in [1.807, 2.05) is 0 Å². The van der Waals surface area contributed by atoms with Crippen molar-refractivity contribution in [1.82, 2.24) is 9.88 Å². The molecule has 1 aromatic rings. The molecule has 0 amide bonds. The highest BCUT2D eigenvalue weighted by Crippen LogP contribution is 2.25. The molecule has 21 heavy (non-hydrogen) atoms. The number of ether oxygens (including phenoxy) is 1. The van der Waals surface area contributed by atoms with Crippen molar-refractivity contribution in [3.8, 4) is 0 Å². The van der Waals surface area contributed by atoms with E-state index in [9.17, 15) is 0 Å². The first-order valence-corrected chi connectivity index (χ1v) is 8.55. The van der Waals surface area contributed by atoms with Gasteiger partial charge in [0.1, 0.15) is 0 Å². The summed E-state index contributed by atoms with van der Waals surface area (Å²) >= 11 is 0. The summed E-state index contributed by atoms with van der Waals surface area (Å²) in [6.07, 6.45) is 8.06. The number of aromatic nitrogens is 1. The van der Waals surface area contributed by atoms with Gasteiger partial charge in [0, 0.05) is 36.4 Å². The Labute approximate surface area is 128 Å². The lowest BCUT2D eigenvalue weighted by Gasteiger charge is -2.34. The van der Waals surface area contributed by atoms with Crippen LogP contribution in [0.1, 0.15) is 43.5 Å². The number of hydrogen-bond donors (Lipinski definition) is 0. The number of hydrogen-bond acceptors (Lipinski definition) is 3. The van der Waals surface area contributed by atoms with Gasteiger partial charge in [-0.2, -0.15) is 0 Å². The minimum Gasteiger partial charge on any atom is -0.380 e. The predicted molar refractivity (Wildman–Crippen MR) is 85.4 cm³/mol. The van der Waals surface area contributed by atoms with Crippen LogP contribution in [0.5, 0.6) is 0 Å². The Morgan fingerprint density at radius 3 is 2.90 bits per heavy atom. The third-order valence-electron chi connectivity index (χ3n) is 4.90. The number of aryl methyl sites for hydroxylation is 1. The van der Waals surface area contributed by atoms with E-state index in [2.05, 4.69) is 35.0 Å². The summed E-state index contributed by atoms with van der Waals surface area (Å²) in [6, 6.07) is 7.15.